The van der Waals surface area contributed by atoms with Crippen LogP contribution in [0.1, 0.15) is 107 Å². The van der Waals surface area contributed by atoms with Gasteiger partial charge in [-0.25, -0.2) is 0 Å². The lowest BCUT2D eigenvalue weighted by Crippen LogP contribution is -2.69. The van der Waals surface area contributed by atoms with E-state index in [2.05, 4.69) is 47.6 Å². The summed E-state index contributed by atoms with van der Waals surface area (Å²) in [6, 6.07) is 0. The maximum Gasteiger partial charge on any atom is 0.310 e. The zero-order chi connectivity index (χ0) is 33.3. The molecule has 0 amide bonds. The second kappa shape index (κ2) is 10.5. The summed E-state index contributed by atoms with van der Waals surface area (Å²) in [6.45, 7) is 16.9. The summed E-state index contributed by atoms with van der Waals surface area (Å²) in [6.07, 6.45) is 0.567. The Kier molecular flexibility index (Phi) is 7.86. The van der Waals surface area contributed by atoms with Gasteiger partial charge in [0, 0.05) is 5.92 Å². The van der Waals surface area contributed by atoms with Crippen molar-refractivity contribution in [2.24, 2.45) is 50.7 Å². The fourth-order valence-corrected chi connectivity index (χ4v) is 12.5. The molecule has 16 atom stereocenters. The minimum atomic E-state index is -1.44. The van der Waals surface area contributed by atoms with Crippen LogP contribution >= 0.6 is 0 Å². The smallest absolute Gasteiger partial charge is 0.310 e. The number of aliphatic hydroxyl groups excluding tert-OH is 4. The van der Waals surface area contributed by atoms with E-state index in [1.54, 1.807) is 6.92 Å². The molecule has 5 fully saturated rings. The van der Waals surface area contributed by atoms with Crippen molar-refractivity contribution in [2.45, 2.75) is 155 Å². The van der Waals surface area contributed by atoms with E-state index in [1.165, 1.54) is 0 Å². The third-order valence-corrected chi connectivity index (χ3v) is 15.5. The van der Waals surface area contributed by atoms with Gasteiger partial charge in [-0.05, 0) is 105 Å². The molecular weight excluding hydrogens is 576 g/mol. The molecule has 0 aromatic carbocycles. The van der Waals surface area contributed by atoms with Crippen molar-refractivity contribution in [3.05, 3.63) is 11.6 Å². The Labute approximate surface area is 268 Å². The van der Waals surface area contributed by atoms with Crippen LogP contribution in [0.3, 0.4) is 0 Å². The van der Waals surface area contributed by atoms with Gasteiger partial charge in [-0.3, -0.25) is 4.79 Å². The predicted molar refractivity (Wildman–Crippen MR) is 167 cm³/mol. The van der Waals surface area contributed by atoms with Crippen molar-refractivity contribution < 1.29 is 44.9 Å². The fraction of sp³-hybridized carbons (Fsp3) is 0.917. The maximum atomic E-state index is 13.0. The van der Waals surface area contributed by atoms with Gasteiger partial charge in [0.2, 0.25) is 0 Å². The standard InChI is InChI=1S/C36H58O9/c1-18-11-14-36(30(41)42)16-15-33(6)20(27(36)35(18,8)43)9-10-23-32(5)17-21(37)28(31(3,4)22(32)12-13-34(23,33)7)45-29-26(40)25(39)24(38)19(2)44-29/h9,18-19,21-29,37-40,43H,10-17H2,1-8H3,(H,41,42)/t18-,19+,21-,22?,23-,24+,25-,26-,27?,28+,29+,32+,33-,34-,35-,36+/m1/s1. The highest BCUT2D eigenvalue weighted by atomic mass is 16.7. The summed E-state index contributed by atoms with van der Waals surface area (Å²) in [5.74, 6) is -0.801. The predicted octanol–water partition coefficient (Wildman–Crippen LogP) is 4.03. The summed E-state index contributed by atoms with van der Waals surface area (Å²) < 4.78 is 12.1. The first kappa shape index (κ1) is 33.8. The number of ether oxygens (including phenoxy) is 2. The van der Waals surface area contributed by atoms with Gasteiger partial charge in [0.25, 0.3) is 0 Å². The molecular formula is C36H58O9. The normalized spacial score (nSPS) is 57.4. The van der Waals surface area contributed by atoms with Crippen molar-refractivity contribution in [1.82, 2.24) is 0 Å². The number of rotatable bonds is 3. The van der Waals surface area contributed by atoms with Crippen LogP contribution in [0.25, 0.3) is 0 Å². The van der Waals surface area contributed by atoms with Crippen molar-refractivity contribution in [3.8, 4) is 0 Å². The molecule has 0 radical (unpaired) electrons. The molecule has 0 aromatic heterocycles. The van der Waals surface area contributed by atoms with Crippen molar-refractivity contribution in [1.29, 1.82) is 0 Å². The number of carboxylic acid groups (broad SMARTS) is 1. The molecule has 1 aliphatic heterocycles. The average molecular weight is 635 g/mol. The lowest BCUT2D eigenvalue weighted by Gasteiger charge is -2.72. The summed E-state index contributed by atoms with van der Waals surface area (Å²) in [7, 11) is 0. The fourth-order valence-electron chi connectivity index (χ4n) is 12.5. The summed E-state index contributed by atoms with van der Waals surface area (Å²) in [5.41, 5.74) is -2.13. The Hall–Kier alpha value is -1.07. The monoisotopic (exact) mass is 634 g/mol. The van der Waals surface area contributed by atoms with E-state index in [1.807, 2.05) is 6.92 Å². The largest absolute Gasteiger partial charge is 0.481 e. The number of hydrogen-bond donors (Lipinski definition) is 6. The molecule has 256 valence electrons. The Morgan fingerprint density at radius 2 is 1.56 bits per heavy atom. The first-order valence-electron chi connectivity index (χ1n) is 17.4. The summed E-state index contributed by atoms with van der Waals surface area (Å²) >= 11 is 0. The van der Waals surface area contributed by atoms with E-state index in [0.29, 0.717) is 25.7 Å². The van der Waals surface area contributed by atoms with Crippen LogP contribution in [0.4, 0.5) is 0 Å². The molecule has 2 unspecified atom stereocenters. The molecule has 4 saturated carbocycles. The highest BCUT2D eigenvalue weighted by molar-refractivity contribution is 5.77. The topological polar surface area (TPSA) is 157 Å². The molecule has 0 aromatic rings. The molecule has 0 spiro atoms. The highest BCUT2D eigenvalue weighted by Gasteiger charge is 2.72. The van der Waals surface area contributed by atoms with Crippen LogP contribution in [-0.4, -0.2) is 85.1 Å². The summed E-state index contributed by atoms with van der Waals surface area (Å²) in [5, 5.41) is 65.9. The van der Waals surface area contributed by atoms with Crippen LogP contribution in [0.15, 0.2) is 11.6 Å². The first-order chi connectivity index (χ1) is 20.7. The van der Waals surface area contributed by atoms with Crippen LogP contribution < -0.4 is 0 Å². The van der Waals surface area contributed by atoms with E-state index in [0.717, 1.165) is 31.3 Å². The molecule has 9 heteroatoms. The lowest BCUT2D eigenvalue weighted by atomic mass is 9.33. The molecule has 5 aliphatic carbocycles. The third-order valence-electron chi connectivity index (χ3n) is 15.5. The van der Waals surface area contributed by atoms with Crippen LogP contribution in [0.5, 0.6) is 0 Å². The second-order valence-corrected chi connectivity index (χ2v) is 17.7. The molecule has 1 heterocycles. The van der Waals surface area contributed by atoms with Gasteiger partial charge in [0.05, 0.1) is 29.3 Å². The SMILES string of the molecule is C[C@@H]1O[C@@H](O[C@H]2[C@H](O)C[C@@]3(C)C(CC[C@]4(C)[C@@H]3CC=C3C5[C@](C(=O)O)(CC[C@@H](C)[C@@]5(C)O)CC[C@]34C)C2(C)C)[C@H](O)[C@H](O)[C@H]1O. The summed E-state index contributed by atoms with van der Waals surface area (Å²) in [4.78, 5) is 13.0. The Morgan fingerprint density at radius 1 is 0.889 bits per heavy atom. The molecule has 6 rings (SSSR count). The number of carboxylic acids is 1. The van der Waals surface area contributed by atoms with Gasteiger partial charge in [-0.15, -0.1) is 0 Å². The molecule has 6 N–H and O–H groups in total. The first-order valence-corrected chi connectivity index (χ1v) is 17.4. The second-order valence-electron chi connectivity index (χ2n) is 17.7. The average Bonchev–Trinajstić information content (AvgIpc) is 2.94. The van der Waals surface area contributed by atoms with Gasteiger partial charge in [-0.1, -0.05) is 53.2 Å². The van der Waals surface area contributed by atoms with Gasteiger partial charge in [0.1, 0.15) is 18.3 Å². The number of aliphatic carboxylic acids is 1. The van der Waals surface area contributed by atoms with E-state index in [-0.39, 0.29) is 34.0 Å². The molecule has 9 nitrogen and oxygen atoms in total. The number of carbonyl (C=O) groups is 1. The minimum Gasteiger partial charge on any atom is -0.481 e. The van der Waals surface area contributed by atoms with E-state index in [9.17, 15) is 35.4 Å². The minimum absolute atomic E-state index is 0.00209. The lowest BCUT2D eigenvalue weighted by molar-refractivity contribution is -0.336. The number of allylic oxidation sites excluding steroid dienone is 1. The highest BCUT2D eigenvalue weighted by Crippen LogP contribution is 2.76. The molecule has 45 heavy (non-hydrogen) atoms. The van der Waals surface area contributed by atoms with Gasteiger partial charge < -0.3 is 40.1 Å². The Balaban J connectivity index is 1.35. The number of hydrogen-bond acceptors (Lipinski definition) is 8. The van der Waals surface area contributed by atoms with Crippen molar-refractivity contribution >= 4 is 5.97 Å². The number of fused-ring (bicyclic) bond motifs is 7. The third kappa shape index (κ3) is 4.33. The molecule has 6 aliphatic rings. The van der Waals surface area contributed by atoms with Gasteiger partial charge in [-0.2, -0.15) is 0 Å². The van der Waals surface area contributed by atoms with Gasteiger partial charge >= 0.3 is 5.97 Å². The maximum absolute atomic E-state index is 13.0. The Morgan fingerprint density at radius 3 is 2.20 bits per heavy atom. The molecule has 1 saturated heterocycles. The van der Waals surface area contributed by atoms with Crippen molar-refractivity contribution in [2.75, 3.05) is 0 Å². The number of aliphatic hydroxyl groups is 5. The van der Waals surface area contributed by atoms with E-state index < -0.39 is 71.2 Å². The van der Waals surface area contributed by atoms with Crippen molar-refractivity contribution in [3.63, 3.8) is 0 Å². The quantitative estimate of drug-likeness (QED) is 0.199. The van der Waals surface area contributed by atoms with Gasteiger partial charge in [0.15, 0.2) is 6.29 Å². The molecule has 0 bridgehead atoms. The Bertz CT molecular complexity index is 1230. The van der Waals surface area contributed by atoms with Crippen LogP contribution in [0.2, 0.25) is 0 Å². The van der Waals surface area contributed by atoms with Crippen LogP contribution in [-0.2, 0) is 14.3 Å². The zero-order valence-corrected chi connectivity index (χ0v) is 28.5. The zero-order valence-electron chi connectivity index (χ0n) is 28.5. The van der Waals surface area contributed by atoms with Crippen LogP contribution in [0, 0.1) is 50.7 Å². The van der Waals surface area contributed by atoms with E-state index >= 15 is 0 Å². The van der Waals surface area contributed by atoms with E-state index in [4.69, 9.17) is 9.47 Å².